The summed E-state index contributed by atoms with van der Waals surface area (Å²) in [5, 5.41) is 13.6. The van der Waals surface area contributed by atoms with Crippen molar-refractivity contribution < 1.29 is 18.3 Å². The molecule has 0 spiro atoms. The standard InChI is InChI=1S/C16H17F3N4O/c1-10-5-13-14(6-11(10)2)22(9-20-13)7-12(24)8-23-4-3-15(21-23)16(17,18)19/h3-6,9,12,24H,7-8H2,1-2H3/t12-/m1/s1. The van der Waals surface area contributed by atoms with Crippen molar-refractivity contribution >= 4 is 11.0 Å². The first kappa shape index (κ1) is 16.5. The third-order valence-corrected chi connectivity index (χ3v) is 3.97. The lowest BCUT2D eigenvalue weighted by Crippen LogP contribution is -2.22. The molecule has 0 bridgehead atoms. The van der Waals surface area contributed by atoms with Gasteiger partial charge < -0.3 is 9.67 Å². The molecule has 0 aliphatic heterocycles. The van der Waals surface area contributed by atoms with Crippen molar-refractivity contribution in [3.05, 3.63) is 47.5 Å². The molecule has 3 aromatic rings. The van der Waals surface area contributed by atoms with Crippen LogP contribution in [0.25, 0.3) is 11.0 Å². The topological polar surface area (TPSA) is 55.9 Å². The van der Waals surface area contributed by atoms with Crippen LogP contribution in [0.1, 0.15) is 16.8 Å². The van der Waals surface area contributed by atoms with Crippen LogP contribution in [0.15, 0.2) is 30.7 Å². The zero-order valence-electron chi connectivity index (χ0n) is 13.2. The maximum absolute atomic E-state index is 12.5. The van der Waals surface area contributed by atoms with Gasteiger partial charge in [-0.2, -0.15) is 18.3 Å². The molecule has 3 rings (SSSR count). The molecule has 2 heterocycles. The Morgan fingerprint density at radius 3 is 2.54 bits per heavy atom. The van der Waals surface area contributed by atoms with Gasteiger partial charge in [0.15, 0.2) is 5.69 Å². The maximum Gasteiger partial charge on any atom is 0.435 e. The number of alkyl halides is 3. The molecular weight excluding hydrogens is 321 g/mol. The number of imidazole rings is 1. The van der Waals surface area contributed by atoms with Crippen molar-refractivity contribution in [2.45, 2.75) is 39.2 Å². The quantitative estimate of drug-likeness (QED) is 0.796. The molecule has 128 valence electrons. The van der Waals surface area contributed by atoms with E-state index in [4.69, 9.17) is 0 Å². The Morgan fingerprint density at radius 1 is 1.17 bits per heavy atom. The summed E-state index contributed by atoms with van der Waals surface area (Å²) in [7, 11) is 0. The first-order chi connectivity index (χ1) is 11.2. The molecule has 0 radical (unpaired) electrons. The highest BCUT2D eigenvalue weighted by molar-refractivity contribution is 5.77. The maximum atomic E-state index is 12.5. The molecule has 0 saturated heterocycles. The highest BCUT2D eigenvalue weighted by Gasteiger charge is 2.33. The summed E-state index contributed by atoms with van der Waals surface area (Å²) in [6, 6.07) is 4.85. The fourth-order valence-electron chi connectivity index (χ4n) is 2.57. The molecule has 1 N–H and O–H groups in total. The molecule has 1 atom stereocenters. The minimum Gasteiger partial charge on any atom is -0.389 e. The lowest BCUT2D eigenvalue weighted by molar-refractivity contribution is -0.141. The SMILES string of the molecule is Cc1cc2ncn(C[C@@H](O)Cn3ccc(C(F)(F)F)n3)c2cc1C. The van der Waals surface area contributed by atoms with Gasteiger partial charge in [-0.15, -0.1) is 0 Å². The Hall–Kier alpha value is -2.35. The number of halogens is 3. The smallest absolute Gasteiger partial charge is 0.389 e. The van der Waals surface area contributed by atoms with Gasteiger partial charge in [-0.1, -0.05) is 0 Å². The van der Waals surface area contributed by atoms with E-state index in [2.05, 4.69) is 10.1 Å². The lowest BCUT2D eigenvalue weighted by Gasteiger charge is -2.13. The van der Waals surface area contributed by atoms with Crippen molar-refractivity contribution in [2.24, 2.45) is 0 Å². The summed E-state index contributed by atoms with van der Waals surface area (Å²) < 4.78 is 40.5. The summed E-state index contributed by atoms with van der Waals surface area (Å²) in [5.74, 6) is 0. The fourth-order valence-corrected chi connectivity index (χ4v) is 2.57. The Kier molecular flexibility index (Phi) is 4.08. The monoisotopic (exact) mass is 338 g/mol. The van der Waals surface area contributed by atoms with Crippen LogP contribution in [0.3, 0.4) is 0 Å². The summed E-state index contributed by atoms with van der Waals surface area (Å²) in [6.07, 6.45) is -2.53. The van der Waals surface area contributed by atoms with E-state index in [1.807, 2.05) is 26.0 Å². The summed E-state index contributed by atoms with van der Waals surface area (Å²) in [5.41, 5.74) is 2.98. The highest BCUT2D eigenvalue weighted by Crippen LogP contribution is 2.27. The van der Waals surface area contributed by atoms with Gasteiger partial charge in [-0.3, -0.25) is 4.68 Å². The number of aliphatic hydroxyl groups excluding tert-OH is 1. The molecule has 0 aliphatic carbocycles. The van der Waals surface area contributed by atoms with Gasteiger partial charge in [0.25, 0.3) is 0 Å². The van der Waals surface area contributed by atoms with E-state index in [0.717, 1.165) is 32.9 Å². The average molecular weight is 338 g/mol. The number of aliphatic hydroxyl groups is 1. The van der Waals surface area contributed by atoms with Crippen molar-refractivity contribution in [2.75, 3.05) is 0 Å². The minimum absolute atomic E-state index is 0.0272. The number of aryl methyl sites for hydroxylation is 2. The molecular formula is C16H17F3N4O. The average Bonchev–Trinajstić information content (AvgIpc) is 3.08. The number of benzene rings is 1. The van der Waals surface area contributed by atoms with Gasteiger partial charge in [0.1, 0.15) is 0 Å². The summed E-state index contributed by atoms with van der Waals surface area (Å²) in [6.45, 7) is 4.18. The zero-order chi connectivity index (χ0) is 17.5. The molecule has 2 aromatic heterocycles. The van der Waals surface area contributed by atoms with E-state index >= 15 is 0 Å². The van der Waals surface area contributed by atoms with Crippen molar-refractivity contribution in [1.82, 2.24) is 19.3 Å². The Morgan fingerprint density at radius 2 is 1.88 bits per heavy atom. The van der Waals surface area contributed by atoms with E-state index in [-0.39, 0.29) is 13.1 Å². The van der Waals surface area contributed by atoms with Crippen LogP contribution in [-0.4, -0.2) is 30.5 Å². The number of fused-ring (bicyclic) bond motifs is 1. The molecule has 0 amide bonds. The largest absolute Gasteiger partial charge is 0.435 e. The predicted octanol–water partition coefficient (Wildman–Crippen LogP) is 2.93. The van der Waals surface area contributed by atoms with Crippen molar-refractivity contribution in [3.63, 3.8) is 0 Å². The first-order valence-electron chi connectivity index (χ1n) is 7.45. The third-order valence-electron chi connectivity index (χ3n) is 3.97. The Bertz CT molecular complexity index is 866. The number of hydrogen-bond acceptors (Lipinski definition) is 3. The second-order valence-corrected chi connectivity index (χ2v) is 5.90. The molecule has 5 nitrogen and oxygen atoms in total. The van der Waals surface area contributed by atoms with E-state index in [9.17, 15) is 18.3 Å². The lowest BCUT2D eigenvalue weighted by atomic mass is 10.1. The van der Waals surface area contributed by atoms with Gasteiger partial charge in [-0.05, 0) is 43.2 Å². The van der Waals surface area contributed by atoms with Gasteiger partial charge in [0.05, 0.1) is 36.6 Å². The van der Waals surface area contributed by atoms with Gasteiger partial charge in [-0.25, -0.2) is 4.98 Å². The highest BCUT2D eigenvalue weighted by atomic mass is 19.4. The molecule has 0 aliphatic rings. The summed E-state index contributed by atoms with van der Waals surface area (Å²) in [4.78, 5) is 4.30. The van der Waals surface area contributed by atoms with Crippen molar-refractivity contribution in [1.29, 1.82) is 0 Å². The van der Waals surface area contributed by atoms with E-state index in [1.54, 1.807) is 10.9 Å². The number of rotatable bonds is 4. The van der Waals surface area contributed by atoms with Crippen LogP contribution in [0, 0.1) is 13.8 Å². The molecule has 0 unspecified atom stereocenters. The summed E-state index contributed by atoms with van der Waals surface area (Å²) >= 11 is 0. The van der Waals surface area contributed by atoms with Crippen LogP contribution in [-0.2, 0) is 19.3 Å². The number of nitrogens with zero attached hydrogens (tertiary/aromatic N) is 4. The second-order valence-electron chi connectivity index (χ2n) is 5.90. The molecule has 1 aromatic carbocycles. The molecule has 8 heteroatoms. The Labute approximate surface area is 136 Å². The molecule has 24 heavy (non-hydrogen) atoms. The predicted molar refractivity (Wildman–Crippen MR) is 82.4 cm³/mol. The third kappa shape index (κ3) is 3.28. The van der Waals surface area contributed by atoms with Crippen LogP contribution in [0.5, 0.6) is 0 Å². The van der Waals surface area contributed by atoms with Crippen molar-refractivity contribution in [3.8, 4) is 0 Å². The number of hydrogen-bond donors (Lipinski definition) is 1. The number of aromatic nitrogens is 4. The first-order valence-corrected chi connectivity index (χ1v) is 7.45. The fraction of sp³-hybridized carbons (Fsp3) is 0.375. The molecule has 0 fully saturated rings. The van der Waals surface area contributed by atoms with E-state index < -0.39 is 18.0 Å². The van der Waals surface area contributed by atoms with E-state index in [1.165, 1.54) is 6.20 Å². The zero-order valence-corrected chi connectivity index (χ0v) is 13.2. The van der Waals surface area contributed by atoms with Gasteiger partial charge >= 0.3 is 6.18 Å². The van der Waals surface area contributed by atoms with Crippen LogP contribution < -0.4 is 0 Å². The normalized spacial score (nSPS) is 13.6. The van der Waals surface area contributed by atoms with Gasteiger partial charge in [0.2, 0.25) is 0 Å². The van der Waals surface area contributed by atoms with E-state index in [0.29, 0.717) is 0 Å². The second kappa shape index (κ2) is 5.94. The van der Waals surface area contributed by atoms with Crippen LogP contribution >= 0.6 is 0 Å². The van der Waals surface area contributed by atoms with Crippen LogP contribution in [0.4, 0.5) is 13.2 Å². The Balaban J connectivity index is 1.74. The molecule has 0 saturated carbocycles. The van der Waals surface area contributed by atoms with Crippen LogP contribution in [0.2, 0.25) is 0 Å². The van der Waals surface area contributed by atoms with Gasteiger partial charge in [0, 0.05) is 6.20 Å². The minimum atomic E-state index is -4.48.